The van der Waals surface area contributed by atoms with Crippen LogP contribution in [0.25, 0.3) is 0 Å². The van der Waals surface area contributed by atoms with Crippen molar-refractivity contribution < 1.29 is 0 Å². The van der Waals surface area contributed by atoms with E-state index in [0.717, 1.165) is 29.9 Å². The van der Waals surface area contributed by atoms with E-state index in [4.69, 9.17) is 11.6 Å². The van der Waals surface area contributed by atoms with Gasteiger partial charge in [-0.25, -0.2) is 4.98 Å². The van der Waals surface area contributed by atoms with E-state index in [9.17, 15) is 0 Å². The Morgan fingerprint density at radius 2 is 2.31 bits per heavy atom. The molecule has 88 valence electrons. The summed E-state index contributed by atoms with van der Waals surface area (Å²) in [4.78, 5) is 6.68. The molecule has 0 bridgehead atoms. The quantitative estimate of drug-likeness (QED) is 0.864. The average Bonchev–Trinajstić information content (AvgIpc) is 2.19. The number of nitrogens with one attached hydrogen (secondary N) is 1. The van der Waals surface area contributed by atoms with E-state index in [1.54, 1.807) is 6.20 Å². The van der Waals surface area contributed by atoms with Crippen LogP contribution in [0, 0.1) is 0 Å². The van der Waals surface area contributed by atoms with Crippen LogP contribution in [-0.2, 0) is 0 Å². The fourth-order valence-electron chi connectivity index (χ4n) is 1.98. The predicted octanol–water partition coefficient (Wildman–Crippen LogP) is 2.69. The molecule has 0 amide bonds. The van der Waals surface area contributed by atoms with Crippen LogP contribution in [0.3, 0.4) is 0 Å². The highest BCUT2D eigenvalue weighted by molar-refractivity contribution is 9.10. The second kappa shape index (κ2) is 4.51. The van der Waals surface area contributed by atoms with E-state index >= 15 is 0 Å². The zero-order chi connectivity index (χ0) is 11.8. The van der Waals surface area contributed by atoms with E-state index in [-0.39, 0.29) is 5.54 Å². The highest BCUT2D eigenvalue weighted by atomic mass is 79.9. The number of piperazine rings is 1. The molecular weight excluding hydrogens is 289 g/mol. The minimum Gasteiger partial charge on any atom is -0.348 e. The minimum absolute atomic E-state index is 0.0444. The van der Waals surface area contributed by atoms with Crippen LogP contribution in [-0.4, -0.2) is 30.2 Å². The Hall–Kier alpha value is -0.320. The summed E-state index contributed by atoms with van der Waals surface area (Å²) in [5.41, 5.74) is 0.0444. The number of pyridine rings is 1. The maximum absolute atomic E-state index is 6.24. The normalized spacial score (nSPS) is 19.9. The Bertz CT molecular complexity index is 395. The summed E-state index contributed by atoms with van der Waals surface area (Å²) < 4.78 is 0.911. The molecule has 0 unspecified atom stereocenters. The summed E-state index contributed by atoms with van der Waals surface area (Å²) in [6, 6.07) is 1.89. The molecular formula is C11H15BrClN3. The van der Waals surface area contributed by atoms with E-state index < -0.39 is 0 Å². The van der Waals surface area contributed by atoms with E-state index in [1.807, 2.05) is 6.07 Å². The fraction of sp³-hybridized carbons (Fsp3) is 0.545. The second-order valence-corrected chi connectivity index (χ2v) is 5.92. The van der Waals surface area contributed by atoms with Crippen LogP contribution in [0.1, 0.15) is 13.8 Å². The standard InChI is InChI=1S/C11H15BrClN3/c1-11(2)7-14-3-4-16(11)10-9(13)5-8(12)6-15-10/h5-6,14H,3-4,7H2,1-2H3. The van der Waals surface area contributed by atoms with Gasteiger partial charge in [-0.1, -0.05) is 11.6 Å². The van der Waals surface area contributed by atoms with Gasteiger partial charge in [-0.05, 0) is 35.8 Å². The van der Waals surface area contributed by atoms with Gasteiger partial charge in [0.15, 0.2) is 0 Å². The molecule has 1 fully saturated rings. The molecule has 1 N–H and O–H groups in total. The van der Waals surface area contributed by atoms with Crippen molar-refractivity contribution >= 4 is 33.3 Å². The van der Waals surface area contributed by atoms with E-state index in [2.05, 4.69) is 45.0 Å². The van der Waals surface area contributed by atoms with Crippen molar-refractivity contribution in [2.45, 2.75) is 19.4 Å². The molecule has 0 aliphatic carbocycles. The van der Waals surface area contributed by atoms with Gasteiger partial charge in [0.1, 0.15) is 5.82 Å². The number of aromatic nitrogens is 1. The molecule has 2 heterocycles. The maximum atomic E-state index is 6.24. The first-order valence-electron chi connectivity index (χ1n) is 5.30. The summed E-state index contributed by atoms with van der Waals surface area (Å²) >= 11 is 9.61. The first-order valence-corrected chi connectivity index (χ1v) is 6.47. The minimum atomic E-state index is 0.0444. The van der Waals surface area contributed by atoms with Crippen molar-refractivity contribution in [2.75, 3.05) is 24.5 Å². The van der Waals surface area contributed by atoms with Gasteiger partial charge in [-0.2, -0.15) is 0 Å². The molecule has 0 aromatic carbocycles. The third kappa shape index (κ3) is 2.34. The van der Waals surface area contributed by atoms with Crippen LogP contribution in [0.5, 0.6) is 0 Å². The number of halogens is 2. The van der Waals surface area contributed by atoms with Gasteiger partial charge < -0.3 is 10.2 Å². The topological polar surface area (TPSA) is 28.2 Å². The van der Waals surface area contributed by atoms with Gasteiger partial charge in [-0.15, -0.1) is 0 Å². The maximum Gasteiger partial charge on any atom is 0.147 e. The molecule has 0 atom stereocenters. The van der Waals surface area contributed by atoms with Gasteiger partial charge in [0, 0.05) is 35.8 Å². The number of nitrogens with zero attached hydrogens (tertiary/aromatic N) is 2. The first-order chi connectivity index (χ1) is 7.50. The SMILES string of the molecule is CC1(C)CNCCN1c1ncc(Br)cc1Cl. The number of hydrogen-bond acceptors (Lipinski definition) is 3. The highest BCUT2D eigenvalue weighted by Crippen LogP contribution is 2.31. The zero-order valence-corrected chi connectivity index (χ0v) is 11.8. The molecule has 1 aliphatic rings. The smallest absolute Gasteiger partial charge is 0.147 e. The predicted molar refractivity (Wildman–Crippen MR) is 71.2 cm³/mol. The molecule has 1 aliphatic heterocycles. The monoisotopic (exact) mass is 303 g/mol. The van der Waals surface area contributed by atoms with Crippen molar-refractivity contribution in [3.63, 3.8) is 0 Å². The molecule has 0 spiro atoms. The molecule has 2 rings (SSSR count). The molecule has 0 saturated carbocycles. The van der Waals surface area contributed by atoms with Crippen LogP contribution in [0.2, 0.25) is 5.02 Å². The lowest BCUT2D eigenvalue weighted by Crippen LogP contribution is -2.58. The molecule has 16 heavy (non-hydrogen) atoms. The van der Waals surface area contributed by atoms with Gasteiger partial charge in [0.05, 0.1) is 5.02 Å². The van der Waals surface area contributed by atoms with Gasteiger partial charge in [0.25, 0.3) is 0 Å². The molecule has 3 nitrogen and oxygen atoms in total. The number of anilines is 1. The zero-order valence-electron chi connectivity index (χ0n) is 9.43. The van der Waals surface area contributed by atoms with Crippen LogP contribution < -0.4 is 10.2 Å². The summed E-state index contributed by atoms with van der Waals surface area (Å²) in [6.45, 7) is 7.23. The summed E-state index contributed by atoms with van der Waals surface area (Å²) in [5.74, 6) is 0.872. The molecule has 5 heteroatoms. The summed E-state index contributed by atoms with van der Waals surface area (Å²) in [7, 11) is 0. The third-order valence-electron chi connectivity index (χ3n) is 2.84. The van der Waals surface area contributed by atoms with Crippen molar-refractivity contribution in [1.82, 2.24) is 10.3 Å². The van der Waals surface area contributed by atoms with Gasteiger partial charge in [-0.3, -0.25) is 0 Å². The van der Waals surface area contributed by atoms with Crippen molar-refractivity contribution in [3.8, 4) is 0 Å². The Labute approximate surface area is 109 Å². The van der Waals surface area contributed by atoms with E-state index in [0.29, 0.717) is 5.02 Å². The highest BCUT2D eigenvalue weighted by Gasteiger charge is 2.31. The lowest BCUT2D eigenvalue weighted by molar-refractivity contribution is 0.378. The largest absolute Gasteiger partial charge is 0.348 e. The Kier molecular flexibility index (Phi) is 3.42. The molecule has 0 radical (unpaired) electrons. The molecule has 1 aromatic heterocycles. The lowest BCUT2D eigenvalue weighted by Gasteiger charge is -2.43. The van der Waals surface area contributed by atoms with Crippen LogP contribution >= 0.6 is 27.5 Å². The number of rotatable bonds is 1. The van der Waals surface area contributed by atoms with E-state index in [1.165, 1.54) is 0 Å². The van der Waals surface area contributed by atoms with Crippen LogP contribution in [0.15, 0.2) is 16.7 Å². The van der Waals surface area contributed by atoms with Gasteiger partial charge in [0.2, 0.25) is 0 Å². The Morgan fingerprint density at radius 1 is 1.56 bits per heavy atom. The first kappa shape index (κ1) is 12.1. The van der Waals surface area contributed by atoms with Crippen molar-refractivity contribution in [1.29, 1.82) is 0 Å². The van der Waals surface area contributed by atoms with Gasteiger partial charge >= 0.3 is 0 Å². The lowest BCUT2D eigenvalue weighted by atomic mass is 10.0. The average molecular weight is 305 g/mol. The summed E-state index contributed by atoms with van der Waals surface area (Å²) in [6.07, 6.45) is 1.79. The number of hydrogen-bond donors (Lipinski definition) is 1. The third-order valence-corrected chi connectivity index (χ3v) is 3.56. The summed E-state index contributed by atoms with van der Waals surface area (Å²) in [5, 5.41) is 4.08. The molecule has 1 aromatic rings. The Balaban J connectivity index is 2.35. The van der Waals surface area contributed by atoms with Crippen molar-refractivity contribution in [3.05, 3.63) is 21.8 Å². The molecule has 1 saturated heterocycles. The fourth-order valence-corrected chi connectivity index (χ4v) is 2.71. The Morgan fingerprint density at radius 3 is 2.94 bits per heavy atom. The second-order valence-electron chi connectivity index (χ2n) is 4.60. The van der Waals surface area contributed by atoms with Crippen LogP contribution in [0.4, 0.5) is 5.82 Å². The van der Waals surface area contributed by atoms with Crippen molar-refractivity contribution in [2.24, 2.45) is 0 Å².